The minimum Gasteiger partial charge on any atom is -0.502 e. The molecule has 1 saturated carbocycles. The van der Waals surface area contributed by atoms with Crippen molar-refractivity contribution in [3.8, 4) is 17.2 Å². The lowest BCUT2D eigenvalue weighted by molar-refractivity contribution is -0.138. The SMILES string of the molecule is COc1cc(C=CC2C3=CCC4C(=O)N(C)C(=O)C4C3CC3(Cl)C(=O)N(c4ccc(F)cc4)C(=O)C23Cl)cc(OC)c1O. The first-order valence-corrected chi connectivity index (χ1v) is 14.3. The van der Waals surface area contributed by atoms with Crippen LogP contribution in [-0.2, 0) is 19.2 Å². The summed E-state index contributed by atoms with van der Waals surface area (Å²) in [5.74, 6) is -5.80. The monoisotopic (exact) mass is 628 g/mol. The van der Waals surface area contributed by atoms with Crippen LogP contribution in [-0.4, -0.2) is 64.7 Å². The number of carbonyl (C=O) groups excluding carboxylic acids is 4. The minimum absolute atomic E-state index is 0.100. The van der Waals surface area contributed by atoms with E-state index in [4.69, 9.17) is 32.7 Å². The van der Waals surface area contributed by atoms with Gasteiger partial charge in [-0.2, -0.15) is 0 Å². The van der Waals surface area contributed by atoms with E-state index in [0.29, 0.717) is 11.1 Å². The zero-order chi connectivity index (χ0) is 31.0. The number of phenols is 1. The molecule has 0 spiro atoms. The van der Waals surface area contributed by atoms with Crippen molar-refractivity contribution in [3.05, 3.63) is 65.5 Å². The van der Waals surface area contributed by atoms with Gasteiger partial charge < -0.3 is 14.6 Å². The summed E-state index contributed by atoms with van der Waals surface area (Å²) < 4.78 is 24.3. The molecule has 9 nitrogen and oxygen atoms in total. The van der Waals surface area contributed by atoms with Crippen molar-refractivity contribution in [1.29, 1.82) is 0 Å². The number of amides is 4. The molecule has 2 heterocycles. The van der Waals surface area contributed by atoms with Crippen LogP contribution in [0.2, 0.25) is 0 Å². The Morgan fingerprint density at radius 2 is 1.60 bits per heavy atom. The van der Waals surface area contributed by atoms with Gasteiger partial charge in [-0.25, -0.2) is 9.29 Å². The van der Waals surface area contributed by atoms with Crippen LogP contribution < -0.4 is 14.4 Å². The van der Waals surface area contributed by atoms with Gasteiger partial charge in [0.05, 0.1) is 31.7 Å². The van der Waals surface area contributed by atoms with Gasteiger partial charge in [0.1, 0.15) is 5.82 Å². The first kappa shape index (κ1) is 29.2. The van der Waals surface area contributed by atoms with Gasteiger partial charge in [0.15, 0.2) is 21.2 Å². The molecule has 4 amide bonds. The van der Waals surface area contributed by atoms with E-state index in [1.165, 1.54) is 33.4 Å². The van der Waals surface area contributed by atoms with E-state index in [9.17, 15) is 28.7 Å². The lowest BCUT2D eigenvalue weighted by Gasteiger charge is -2.49. The van der Waals surface area contributed by atoms with Crippen LogP contribution in [0.4, 0.5) is 10.1 Å². The molecule has 2 aliphatic heterocycles. The molecule has 0 aromatic heterocycles. The number of hydrogen-bond donors (Lipinski definition) is 1. The van der Waals surface area contributed by atoms with Crippen LogP contribution in [0.5, 0.6) is 17.2 Å². The Morgan fingerprint density at radius 1 is 0.977 bits per heavy atom. The second-order valence-corrected chi connectivity index (χ2v) is 12.4. The summed E-state index contributed by atoms with van der Waals surface area (Å²) >= 11 is 14.5. The highest BCUT2D eigenvalue weighted by molar-refractivity contribution is 6.58. The van der Waals surface area contributed by atoms with Gasteiger partial charge in [0.25, 0.3) is 11.8 Å². The minimum atomic E-state index is -2.03. The molecule has 224 valence electrons. The number of imide groups is 2. The van der Waals surface area contributed by atoms with Gasteiger partial charge in [-0.05, 0) is 60.7 Å². The maximum Gasteiger partial charge on any atom is 0.258 e. The van der Waals surface area contributed by atoms with Crippen LogP contribution >= 0.6 is 23.2 Å². The van der Waals surface area contributed by atoms with Crippen LogP contribution in [0, 0.1) is 29.5 Å². The average Bonchev–Trinajstić information content (AvgIpc) is 3.30. The molecule has 6 unspecified atom stereocenters. The second-order valence-electron chi connectivity index (χ2n) is 11.2. The number of carbonyl (C=O) groups is 4. The number of aromatic hydroxyl groups is 1. The van der Waals surface area contributed by atoms with Crippen molar-refractivity contribution in [2.45, 2.75) is 22.6 Å². The lowest BCUT2D eigenvalue weighted by Crippen LogP contribution is -2.60. The summed E-state index contributed by atoms with van der Waals surface area (Å²) in [5, 5.41) is 10.4. The number of anilines is 1. The Kier molecular flexibility index (Phi) is 6.85. The van der Waals surface area contributed by atoms with Crippen molar-refractivity contribution < 1.29 is 38.1 Å². The Balaban J connectivity index is 1.52. The molecule has 6 rings (SSSR count). The third-order valence-corrected chi connectivity index (χ3v) is 10.6. The van der Waals surface area contributed by atoms with E-state index >= 15 is 0 Å². The Hall–Kier alpha value is -3.89. The molecule has 4 aliphatic rings. The summed E-state index contributed by atoms with van der Waals surface area (Å²) in [4.78, 5) is 52.5. The Morgan fingerprint density at radius 3 is 2.21 bits per heavy atom. The molecule has 3 fully saturated rings. The first-order chi connectivity index (χ1) is 20.4. The van der Waals surface area contributed by atoms with E-state index in [-0.39, 0.29) is 47.6 Å². The third-order valence-electron chi connectivity index (χ3n) is 9.16. The molecule has 2 aliphatic carbocycles. The molecule has 0 radical (unpaired) electrons. The van der Waals surface area contributed by atoms with E-state index in [1.807, 2.05) is 6.08 Å². The van der Waals surface area contributed by atoms with Gasteiger partial charge in [-0.3, -0.25) is 24.1 Å². The topological polar surface area (TPSA) is 113 Å². The van der Waals surface area contributed by atoms with E-state index in [1.54, 1.807) is 24.3 Å². The van der Waals surface area contributed by atoms with Crippen molar-refractivity contribution in [2.75, 3.05) is 26.2 Å². The van der Waals surface area contributed by atoms with Gasteiger partial charge >= 0.3 is 0 Å². The fourth-order valence-electron chi connectivity index (χ4n) is 7.02. The summed E-state index contributed by atoms with van der Waals surface area (Å²) in [5.41, 5.74) is 1.24. The molecule has 1 N–H and O–H groups in total. The summed E-state index contributed by atoms with van der Waals surface area (Å²) in [6.45, 7) is 0. The third kappa shape index (κ3) is 3.95. The predicted octanol–water partition coefficient (Wildman–Crippen LogP) is 4.29. The molecular formula is C31H27Cl2FN2O7. The van der Waals surface area contributed by atoms with E-state index < -0.39 is 51.1 Å². The Bertz CT molecular complexity index is 1620. The molecule has 6 atom stereocenters. The highest BCUT2D eigenvalue weighted by Crippen LogP contribution is 2.63. The molecule has 2 aromatic carbocycles. The van der Waals surface area contributed by atoms with E-state index in [2.05, 4.69) is 0 Å². The highest BCUT2D eigenvalue weighted by Gasteiger charge is 2.76. The number of phenolic OH excluding ortho intramolecular Hbond substituents is 1. The zero-order valence-electron chi connectivity index (χ0n) is 23.3. The summed E-state index contributed by atoms with van der Waals surface area (Å²) in [6, 6.07) is 7.92. The standard InChI is InChI=1S/C31H27Cl2FN2O7/c1-35-26(38)19-10-9-18-20(24(19)27(35)39)14-30(32)28(40)36(17-7-5-16(34)6-8-17)29(41)31(30,33)21(18)11-4-15-12-22(42-2)25(37)23(13-15)43-3/h4-9,11-13,19-21,24,37H,10,14H2,1-3H3. The largest absolute Gasteiger partial charge is 0.502 e. The lowest BCUT2D eigenvalue weighted by atomic mass is 9.57. The summed E-state index contributed by atoms with van der Waals surface area (Å²) in [7, 11) is 4.20. The molecular weight excluding hydrogens is 602 g/mol. The fourth-order valence-corrected chi connectivity index (χ4v) is 7.91. The van der Waals surface area contributed by atoms with Gasteiger partial charge in [-0.15, -0.1) is 23.2 Å². The van der Waals surface area contributed by atoms with Gasteiger partial charge in [-0.1, -0.05) is 23.8 Å². The molecule has 12 heteroatoms. The number of nitrogens with zero attached hydrogens (tertiary/aromatic N) is 2. The van der Waals surface area contributed by atoms with Crippen LogP contribution in [0.25, 0.3) is 6.08 Å². The van der Waals surface area contributed by atoms with Gasteiger partial charge in [0.2, 0.25) is 17.6 Å². The highest BCUT2D eigenvalue weighted by atomic mass is 35.5. The second kappa shape index (κ2) is 10.1. The number of rotatable bonds is 5. The number of ether oxygens (including phenoxy) is 2. The number of likely N-dealkylation sites (tertiary alicyclic amines) is 1. The quantitative estimate of drug-likeness (QED) is 0.299. The zero-order valence-corrected chi connectivity index (χ0v) is 24.9. The smallest absolute Gasteiger partial charge is 0.258 e. The molecule has 2 saturated heterocycles. The molecule has 43 heavy (non-hydrogen) atoms. The molecule has 0 bridgehead atoms. The van der Waals surface area contributed by atoms with Crippen LogP contribution in [0.15, 0.2) is 54.1 Å². The van der Waals surface area contributed by atoms with Crippen molar-refractivity contribution >= 4 is 58.6 Å². The van der Waals surface area contributed by atoms with Crippen LogP contribution in [0.1, 0.15) is 18.4 Å². The molecule has 2 aromatic rings. The van der Waals surface area contributed by atoms with Crippen molar-refractivity contribution in [1.82, 2.24) is 4.90 Å². The van der Waals surface area contributed by atoms with Gasteiger partial charge in [0, 0.05) is 13.0 Å². The first-order valence-electron chi connectivity index (χ1n) is 13.6. The maximum absolute atomic E-state index is 14.2. The fraction of sp³-hybridized carbons (Fsp3) is 0.355. The number of alkyl halides is 2. The van der Waals surface area contributed by atoms with Crippen molar-refractivity contribution in [2.24, 2.45) is 23.7 Å². The average molecular weight is 629 g/mol. The summed E-state index contributed by atoms with van der Waals surface area (Å²) in [6.07, 6.45) is 5.19. The number of benzene rings is 2. The Labute approximate surface area is 256 Å². The number of fused-ring (bicyclic) bond motifs is 4. The van der Waals surface area contributed by atoms with Crippen LogP contribution in [0.3, 0.4) is 0 Å². The number of methoxy groups -OCH3 is 2. The normalized spacial score (nSPS) is 31.7. The maximum atomic E-state index is 14.2. The number of allylic oxidation sites excluding steroid dienone is 3. The van der Waals surface area contributed by atoms with Crippen molar-refractivity contribution in [3.63, 3.8) is 0 Å². The number of hydrogen-bond acceptors (Lipinski definition) is 7. The predicted molar refractivity (Wildman–Crippen MR) is 155 cm³/mol. The van der Waals surface area contributed by atoms with E-state index in [0.717, 1.165) is 21.9 Å². The number of halogens is 3.